The first-order chi connectivity index (χ1) is 8.33. The highest BCUT2D eigenvalue weighted by molar-refractivity contribution is 5.83. The molecule has 6 nitrogen and oxygen atoms in total. The minimum Gasteiger partial charge on any atom is -0.336 e. The van der Waals surface area contributed by atoms with Gasteiger partial charge in [0.25, 0.3) is 0 Å². The number of carbonyl (C=O) groups excluding carboxylic acids is 2. The van der Waals surface area contributed by atoms with Gasteiger partial charge in [0.2, 0.25) is 5.91 Å². The number of rotatable bonds is 3. The van der Waals surface area contributed by atoms with Crippen molar-refractivity contribution in [2.75, 3.05) is 26.2 Å². The van der Waals surface area contributed by atoms with E-state index in [9.17, 15) is 9.59 Å². The fourth-order valence-corrected chi connectivity index (χ4v) is 1.43. The zero-order valence-corrected chi connectivity index (χ0v) is 11.1. The van der Waals surface area contributed by atoms with Gasteiger partial charge < -0.3 is 4.90 Å². The first kappa shape index (κ1) is 14.5. The van der Waals surface area contributed by atoms with Crippen molar-refractivity contribution >= 4 is 12.0 Å². The van der Waals surface area contributed by atoms with Crippen LogP contribution in [0.5, 0.6) is 0 Å². The maximum atomic E-state index is 11.7. The van der Waals surface area contributed by atoms with Crippen LogP contribution in [-0.4, -0.2) is 53.6 Å². The topological polar surface area (TPSA) is 59.1 Å². The van der Waals surface area contributed by atoms with Crippen molar-refractivity contribution in [2.24, 2.45) is 0 Å². The van der Waals surface area contributed by atoms with Gasteiger partial charge in [-0.05, 0) is 20.8 Å². The van der Waals surface area contributed by atoms with E-state index < -0.39 is 11.7 Å². The Morgan fingerprint density at radius 3 is 2.61 bits per heavy atom. The average molecular weight is 256 g/mol. The predicted octanol–water partition coefficient (Wildman–Crippen LogP) is 1.18. The van der Waals surface area contributed by atoms with Crippen LogP contribution in [0.1, 0.15) is 20.8 Å². The molecule has 102 valence electrons. The highest BCUT2D eigenvalue weighted by atomic mass is 17.2. The minimum atomic E-state index is -0.628. The Bertz CT molecular complexity index is 335. The molecule has 18 heavy (non-hydrogen) atoms. The zero-order chi connectivity index (χ0) is 13.8. The summed E-state index contributed by atoms with van der Waals surface area (Å²) < 4.78 is 0. The summed E-state index contributed by atoms with van der Waals surface area (Å²) in [7, 11) is 0. The molecule has 1 rings (SSSR count). The lowest BCUT2D eigenvalue weighted by atomic mass is 10.2. The summed E-state index contributed by atoms with van der Waals surface area (Å²) in [5.41, 5.74) is -0.565. The zero-order valence-electron chi connectivity index (χ0n) is 11.1. The quantitative estimate of drug-likeness (QED) is 0.432. The molecule has 0 unspecified atom stereocenters. The maximum absolute atomic E-state index is 11.7. The second-order valence-corrected chi connectivity index (χ2v) is 5.09. The number of piperazine rings is 1. The van der Waals surface area contributed by atoms with Crippen molar-refractivity contribution < 1.29 is 19.4 Å². The fraction of sp³-hybridized carbons (Fsp3) is 0.667. The monoisotopic (exact) mass is 256 g/mol. The summed E-state index contributed by atoms with van der Waals surface area (Å²) in [5, 5.41) is 0. The summed E-state index contributed by atoms with van der Waals surface area (Å²) in [5.74, 6) is -0.117. The third kappa shape index (κ3) is 4.37. The molecular formula is C12H20N2O4. The normalized spacial score (nSPS) is 16.7. The molecule has 1 aliphatic heterocycles. The Kier molecular flexibility index (Phi) is 4.72. The van der Waals surface area contributed by atoms with Crippen LogP contribution >= 0.6 is 0 Å². The van der Waals surface area contributed by atoms with Gasteiger partial charge in [0, 0.05) is 19.6 Å². The van der Waals surface area contributed by atoms with E-state index in [4.69, 9.17) is 4.89 Å². The molecule has 0 aromatic carbocycles. The summed E-state index contributed by atoms with van der Waals surface area (Å²) in [4.78, 5) is 35.9. The van der Waals surface area contributed by atoms with E-state index in [-0.39, 0.29) is 12.5 Å². The van der Waals surface area contributed by atoms with E-state index in [0.717, 1.165) is 0 Å². The SMILES string of the molecule is C=CCN1CCN(C(=O)OOC(C)(C)C)CC1=O. The van der Waals surface area contributed by atoms with Crippen LogP contribution < -0.4 is 0 Å². The van der Waals surface area contributed by atoms with Crippen molar-refractivity contribution in [3.63, 3.8) is 0 Å². The van der Waals surface area contributed by atoms with E-state index in [1.165, 1.54) is 4.90 Å². The molecule has 1 heterocycles. The lowest BCUT2D eigenvalue weighted by Gasteiger charge is -2.33. The maximum Gasteiger partial charge on any atom is 0.441 e. The van der Waals surface area contributed by atoms with Gasteiger partial charge in [0.05, 0.1) is 0 Å². The highest BCUT2D eigenvalue weighted by Crippen LogP contribution is 2.10. The van der Waals surface area contributed by atoms with Gasteiger partial charge in [-0.25, -0.2) is 4.79 Å². The molecule has 0 aromatic heterocycles. The van der Waals surface area contributed by atoms with Gasteiger partial charge in [0.15, 0.2) is 0 Å². The van der Waals surface area contributed by atoms with Crippen LogP contribution in [0.3, 0.4) is 0 Å². The molecule has 0 aliphatic carbocycles. The van der Waals surface area contributed by atoms with Crippen molar-refractivity contribution in [3.05, 3.63) is 12.7 Å². The predicted molar refractivity (Wildman–Crippen MR) is 65.7 cm³/mol. The van der Waals surface area contributed by atoms with E-state index in [0.29, 0.717) is 19.6 Å². The minimum absolute atomic E-state index is 0.0141. The van der Waals surface area contributed by atoms with Gasteiger partial charge in [-0.2, -0.15) is 4.89 Å². The lowest BCUT2D eigenvalue weighted by molar-refractivity contribution is -0.305. The van der Waals surface area contributed by atoms with E-state index in [1.807, 2.05) is 0 Å². The van der Waals surface area contributed by atoms with Gasteiger partial charge in [-0.3, -0.25) is 14.6 Å². The van der Waals surface area contributed by atoms with Crippen molar-refractivity contribution in [2.45, 2.75) is 26.4 Å². The van der Waals surface area contributed by atoms with Gasteiger partial charge in [-0.15, -0.1) is 6.58 Å². The van der Waals surface area contributed by atoms with Crippen LogP contribution in [0.15, 0.2) is 12.7 Å². The number of nitrogens with zero attached hydrogens (tertiary/aromatic N) is 2. The third-order valence-electron chi connectivity index (χ3n) is 2.29. The summed E-state index contributed by atoms with van der Waals surface area (Å²) >= 11 is 0. The van der Waals surface area contributed by atoms with Crippen molar-refractivity contribution in [3.8, 4) is 0 Å². The molecule has 0 radical (unpaired) electrons. The Balaban J connectivity index is 2.43. The van der Waals surface area contributed by atoms with E-state index in [2.05, 4.69) is 11.5 Å². The number of carbonyl (C=O) groups is 2. The van der Waals surface area contributed by atoms with Crippen molar-refractivity contribution in [1.82, 2.24) is 9.80 Å². The number of hydrogen-bond acceptors (Lipinski definition) is 4. The molecule has 0 saturated carbocycles. The first-order valence-corrected chi connectivity index (χ1v) is 5.87. The van der Waals surface area contributed by atoms with Gasteiger partial charge in [-0.1, -0.05) is 6.08 Å². The molecule has 0 aromatic rings. The Morgan fingerprint density at radius 2 is 2.11 bits per heavy atom. The molecule has 0 atom stereocenters. The van der Waals surface area contributed by atoms with Gasteiger partial charge in [0.1, 0.15) is 12.1 Å². The first-order valence-electron chi connectivity index (χ1n) is 5.87. The lowest BCUT2D eigenvalue weighted by Crippen LogP contribution is -2.52. The van der Waals surface area contributed by atoms with E-state index >= 15 is 0 Å². The van der Waals surface area contributed by atoms with Crippen molar-refractivity contribution in [1.29, 1.82) is 0 Å². The molecule has 1 saturated heterocycles. The fourth-order valence-electron chi connectivity index (χ4n) is 1.43. The molecule has 1 aliphatic rings. The van der Waals surface area contributed by atoms with Crippen LogP contribution in [0, 0.1) is 0 Å². The molecular weight excluding hydrogens is 236 g/mol. The molecule has 0 bridgehead atoms. The Hall–Kier alpha value is -1.56. The van der Waals surface area contributed by atoms with E-state index in [1.54, 1.807) is 31.7 Å². The molecule has 1 fully saturated rings. The largest absolute Gasteiger partial charge is 0.441 e. The number of hydrogen-bond donors (Lipinski definition) is 0. The Labute approximate surface area is 107 Å². The smallest absolute Gasteiger partial charge is 0.336 e. The Morgan fingerprint density at radius 1 is 1.44 bits per heavy atom. The van der Waals surface area contributed by atoms with Crippen LogP contribution in [0.4, 0.5) is 4.79 Å². The summed E-state index contributed by atoms with van der Waals surface area (Å²) in [6.07, 6.45) is 1.03. The standard InChI is InChI=1S/C12H20N2O4/c1-5-6-13-7-8-14(9-10(13)15)11(16)17-18-12(2,3)4/h5H,1,6-9H2,2-4H3. The number of amides is 2. The van der Waals surface area contributed by atoms with Crippen LogP contribution in [0.25, 0.3) is 0 Å². The van der Waals surface area contributed by atoms with Crippen LogP contribution in [0.2, 0.25) is 0 Å². The van der Waals surface area contributed by atoms with Gasteiger partial charge >= 0.3 is 6.09 Å². The summed E-state index contributed by atoms with van der Waals surface area (Å²) in [6, 6.07) is 0. The second kappa shape index (κ2) is 5.86. The van der Waals surface area contributed by atoms with Crippen LogP contribution in [-0.2, 0) is 14.6 Å². The molecule has 0 N–H and O–H groups in total. The highest BCUT2D eigenvalue weighted by Gasteiger charge is 2.28. The second-order valence-electron chi connectivity index (χ2n) is 5.09. The molecule has 0 spiro atoms. The third-order valence-corrected chi connectivity index (χ3v) is 2.29. The summed E-state index contributed by atoms with van der Waals surface area (Å²) in [6.45, 7) is 10.3. The molecule has 6 heteroatoms. The molecule has 2 amide bonds. The average Bonchev–Trinajstić information content (AvgIpc) is 2.28.